The zero-order valence-electron chi connectivity index (χ0n) is 10.6. The molecule has 0 bridgehead atoms. The van der Waals surface area contributed by atoms with E-state index in [1.165, 1.54) is 0 Å². The van der Waals surface area contributed by atoms with Gasteiger partial charge < -0.3 is 19.0 Å². The van der Waals surface area contributed by atoms with Crippen molar-refractivity contribution in [3.63, 3.8) is 0 Å². The summed E-state index contributed by atoms with van der Waals surface area (Å²) in [4.78, 5) is 0. The number of ether oxygens (including phenoxy) is 2. The lowest BCUT2D eigenvalue weighted by molar-refractivity contribution is 0.187. The minimum Gasteiger partial charge on any atom is -0.493 e. The number of benzene rings is 1. The molecule has 0 spiro atoms. The maximum atomic E-state index is 10.2. The Kier molecular flexibility index (Phi) is 3.58. The number of methoxy groups -OCH3 is 2. The maximum Gasteiger partial charge on any atom is 0.161 e. The molecule has 0 aliphatic carbocycles. The smallest absolute Gasteiger partial charge is 0.161 e. The standard InChI is InChI=1S/C14H16O4/c1-9-4-6-12(18-9)14(15)10-5-7-11(16-2)13(8-10)17-3/h4-8,14-15H,1-3H3/t14-/m0/s1. The fourth-order valence-electron chi connectivity index (χ4n) is 1.79. The lowest BCUT2D eigenvalue weighted by atomic mass is 10.1. The molecule has 0 aliphatic heterocycles. The number of aliphatic hydroxyl groups excluding tert-OH is 1. The fourth-order valence-corrected chi connectivity index (χ4v) is 1.79. The summed E-state index contributed by atoms with van der Waals surface area (Å²) in [6.45, 7) is 1.84. The van der Waals surface area contributed by atoms with Gasteiger partial charge in [-0.05, 0) is 36.8 Å². The van der Waals surface area contributed by atoms with E-state index >= 15 is 0 Å². The van der Waals surface area contributed by atoms with Crippen LogP contribution in [0.2, 0.25) is 0 Å². The van der Waals surface area contributed by atoms with Gasteiger partial charge in [-0.3, -0.25) is 0 Å². The van der Waals surface area contributed by atoms with Crippen molar-refractivity contribution in [2.24, 2.45) is 0 Å². The summed E-state index contributed by atoms with van der Waals surface area (Å²) in [7, 11) is 3.13. The molecule has 1 N–H and O–H groups in total. The van der Waals surface area contributed by atoms with Crippen LogP contribution in [0.5, 0.6) is 11.5 Å². The first-order valence-corrected chi connectivity index (χ1v) is 5.62. The molecule has 18 heavy (non-hydrogen) atoms. The third kappa shape index (κ3) is 2.33. The van der Waals surface area contributed by atoms with E-state index in [9.17, 15) is 5.11 Å². The van der Waals surface area contributed by atoms with E-state index in [0.717, 1.165) is 5.76 Å². The maximum absolute atomic E-state index is 10.2. The zero-order chi connectivity index (χ0) is 13.1. The normalized spacial score (nSPS) is 12.2. The van der Waals surface area contributed by atoms with Gasteiger partial charge in [0.05, 0.1) is 14.2 Å². The zero-order valence-corrected chi connectivity index (χ0v) is 10.6. The number of aryl methyl sites for hydroxylation is 1. The second-order valence-corrected chi connectivity index (χ2v) is 3.97. The summed E-state index contributed by atoms with van der Waals surface area (Å²) in [6.07, 6.45) is -0.807. The Hall–Kier alpha value is -1.94. The Morgan fingerprint density at radius 2 is 1.78 bits per heavy atom. The summed E-state index contributed by atoms with van der Waals surface area (Å²) >= 11 is 0. The molecule has 1 aromatic heterocycles. The quantitative estimate of drug-likeness (QED) is 0.903. The molecule has 2 aromatic rings. The van der Waals surface area contributed by atoms with E-state index in [4.69, 9.17) is 13.9 Å². The summed E-state index contributed by atoms with van der Waals surface area (Å²) in [6, 6.07) is 8.86. The highest BCUT2D eigenvalue weighted by Gasteiger charge is 2.16. The topological polar surface area (TPSA) is 51.8 Å². The van der Waals surface area contributed by atoms with E-state index in [0.29, 0.717) is 22.8 Å². The lowest BCUT2D eigenvalue weighted by Crippen LogP contribution is -1.99. The Morgan fingerprint density at radius 3 is 2.33 bits per heavy atom. The van der Waals surface area contributed by atoms with Gasteiger partial charge in [0, 0.05) is 0 Å². The van der Waals surface area contributed by atoms with E-state index < -0.39 is 6.10 Å². The van der Waals surface area contributed by atoms with Crippen LogP contribution in [0.3, 0.4) is 0 Å². The van der Waals surface area contributed by atoms with Crippen LogP contribution in [-0.4, -0.2) is 19.3 Å². The third-order valence-electron chi connectivity index (χ3n) is 2.75. The fraction of sp³-hybridized carbons (Fsp3) is 0.286. The molecule has 0 fully saturated rings. The van der Waals surface area contributed by atoms with Crippen LogP contribution in [0.25, 0.3) is 0 Å². The van der Waals surface area contributed by atoms with Gasteiger partial charge in [-0.25, -0.2) is 0 Å². The lowest BCUT2D eigenvalue weighted by Gasteiger charge is -2.12. The molecule has 0 saturated heterocycles. The summed E-state index contributed by atoms with van der Waals surface area (Å²) in [5.74, 6) is 2.49. The molecule has 1 aromatic carbocycles. The van der Waals surface area contributed by atoms with Crippen molar-refractivity contribution in [3.05, 3.63) is 47.4 Å². The SMILES string of the molecule is COc1ccc([C@H](O)c2ccc(C)o2)cc1OC. The predicted molar refractivity (Wildman–Crippen MR) is 67.1 cm³/mol. The van der Waals surface area contributed by atoms with Crippen molar-refractivity contribution in [1.29, 1.82) is 0 Å². The number of rotatable bonds is 4. The molecule has 0 unspecified atom stereocenters. The molecular formula is C14H16O4. The average Bonchev–Trinajstić information content (AvgIpc) is 2.83. The van der Waals surface area contributed by atoms with E-state index in [2.05, 4.69) is 0 Å². The first-order valence-electron chi connectivity index (χ1n) is 5.62. The third-order valence-corrected chi connectivity index (χ3v) is 2.75. The summed E-state index contributed by atoms with van der Waals surface area (Å²) in [5.41, 5.74) is 0.696. The average molecular weight is 248 g/mol. The molecule has 0 radical (unpaired) electrons. The molecule has 1 atom stereocenters. The molecule has 0 saturated carbocycles. The van der Waals surface area contributed by atoms with Gasteiger partial charge in [0.2, 0.25) is 0 Å². The Balaban J connectivity index is 2.33. The number of furan rings is 1. The van der Waals surface area contributed by atoms with Crippen molar-refractivity contribution < 1.29 is 19.0 Å². The van der Waals surface area contributed by atoms with Crippen LogP contribution < -0.4 is 9.47 Å². The Morgan fingerprint density at radius 1 is 1.06 bits per heavy atom. The van der Waals surface area contributed by atoms with Gasteiger partial charge in [0.25, 0.3) is 0 Å². The Labute approximate surface area is 106 Å². The van der Waals surface area contributed by atoms with Gasteiger partial charge in [-0.15, -0.1) is 0 Å². The highest BCUT2D eigenvalue weighted by molar-refractivity contribution is 5.44. The van der Waals surface area contributed by atoms with Crippen molar-refractivity contribution in [2.45, 2.75) is 13.0 Å². The second kappa shape index (κ2) is 5.14. The van der Waals surface area contributed by atoms with Crippen molar-refractivity contribution in [2.75, 3.05) is 14.2 Å². The van der Waals surface area contributed by atoms with Crippen molar-refractivity contribution in [3.8, 4) is 11.5 Å². The van der Waals surface area contributed by atoms with Crippen molar-refractivity contribution >= 4 is 0 Å². The molecular weight excluding hydrogens is 232 g/mol. The summed E-state index contributed by atoms with van der Waals surface area (Å²) < 4.78 is 15.8. The predicted octanol–water partition coefficient (Wildman–Crippen LogP) is 2.69. The minimum atomic E-state index is -0.807. The minimum absolute atomic E-state index is 0.514. The van der Waals surface area contributed by atoms with Gasteiger partial charge >= 0.3 is 0 Å². The number of hydrogen-bond donors (Lipinski definition) is 1. The Bertz CT molecular complexity index is 530. The largest absolute Gasteiger partial charge is 0.493 e. The molecule has 0 amide bonds. The molecule has 4 nitrogen and oxygen atoms in total. The summed E-state index contributed by atoms with van der Waals surface area (Å²) in [5, 5.41) is 10.2. The first kappa shape index (κ1) is 12.5. The first-order chi connectivity index (χ1) is 8.65. The van der Waals surface area contributed by atoms with E-state index in [-0.39, 0.29) is 0 Å². The van der Waals surface area contributed by atoms with Crippen LogP contribution >= 0.6 is 0 Å². The van der Waals surface area contributed by atoms with Gasteiger partial charge in [-0.1, -0.05) is 6.07 Å². The van der Waals surface area contributed by atoms with Gasteiger partial charge in [0.15, 0.2) is 11.5 Å². The number of aliphatic hydroxyl groups is 1. The van der Waals surface area contributed by atoms with Crippen LogP contribution in [-0.2, 0) is 0 Å². The molecule has 96 valence electrons. The van der Waals surface area contributed by atoms with Gasteiger partial charge in [-0.2, -0.15) is 0 Å². The van der Waals surface area contributed by atoms with E-state index in [1.807, 2.05) is 13.0 Å². The molecule has 1 heterocycles. The highest BCUT2D eigenvalue weighted by Crippen LogP contribution is 2.32. The van der Waals surface area contributed by atoms with Crippen molar-refractivity contribution in [1.82, 2.24) is 0 Å². The van der Waals surface area contributed by atoms with Crippen LogP contribution in [0.1, 0.15) is 23.2 Å². The van der Waals surface area contributed by atoms with E-state index in [1.54, 1.807) is 38.5 Å². The van der Waals surface area contributed by atoms with Gasteiger partial charge in [0.1, 0.15) is 17.6 Å². The van der Waals surface area contributed by atoms with Crippen LogP contribution in [0.15, 0.2) is 34.7 Å². The molecule has 2 rings (SSSR count). The molecule has 4 heteroatoms. The highest BCUT2D eigenvalue weighted by atomic mass is 16.5. The monoisotopic (exact) mass is 248 g/mol. The number of hydrogen-bond acceptors (Lipinski definition) is 4. The molecule has 0 aliphatic rings. The second-order valence-electron chi connectivity index (χ2n) is 3.97. The van der Waals surface area contributed by atoms with Crippen LogP contribution in [0, 0.1) is 6.92 Å². The van der Waals surface area contributed by atoms with Crippen LogP contribution in [0.4, 0.5) is 0 Å².